The molecule has 0 aliphatic carbocycles. The Hall–Kier alpha value is -1.56. The van der Waals surface area contributed by atoms with Gasteiger partial charge in [0.05, 0.1) is 0 Å². The van der Waals surface area contributed by atoms with E-state index in [4.69, 9.17) is 0 Å². The average molecular weight is 268 g/mol. The lowest BCUT2D eigenvalue weighted by Crippen LogP contribution is -2.04. The minimum atomic E-state index is 0. The molecule has 108 valence electrons. The summed E-state index contributed by atoms with van der Waals surface area (Å²) in [6, 6.07) is 19.6. The highest BCUT2D eigenvalue weighted by Gasteiger charge is 2.09. The predicted molar refractivity (Wildman–Crippen MR) is 91.0 cm³/mol. The first kappa shape index (κ1) is 16.5. The van der Waals surface area contributed by atoms with Crippen molar-refractivity contribution >= 4 is 0 Å². The topological polar surface area (TPSA) is 0 Å². The number of rotatable bonds is 4. The van der Waals surface area contributed by atoms with Crippen LogP contribution in [0.25, 0.3) is 11.1 Å². The van der Waals surface area contributed by atoms with E-state index in [1.165, 1.54) is 36.0 Å². The van der Waals surface area contributed by atoms with Gasteiger partial charge in [-0.1, -0.05) is 82.8 Å². The van der Waals surface area contributed by atoms with Crippen molar-refractivity contribution in [3.8, 4) is 11.1 Å². The summed E-state index contributed by atoms with van der Waals surface area (Å²) in [4.78, 5) is 0. The molecule has 0 aromatic heterocycles. The van der Waals surface area contributed by atoms with E-state index in [-0.39, 0.29) is 7.43 Å². The molecule has 0 aliphatic heterocycles. The molecule has 0 N–H and O–H groups in total. The average Bonchev–Trinajstić information content (AvgIpc) is 2.39. The third kappa shape index (κ3) is 5.21. The van der Waals surface area contributed by atoms with Gasteiger partial charge in [0, 0.05) is 0 Å². The van der Waals surface area contributed by atoms with Crippen LogP contribution in [-0.2, 0) is 6.42 Å². The van der Waals surface area contributed by atoms with Crippen molar-refractivity contribution in [1.29, 1.82) is 0 Å². The maximum atomic E-state index is 2.31. The van der Waals surface area contributed by atoms with Crippen molar-refractivity contribution in [3.05, 3.63) is 60.2 Å². The summed E-state index contributed by atoms with van der Waals surface area (Å²) in [5.74, 6) is 0. The maximum absolute atomic E-state index is 2.31. The molecule has 0 amide bonds. The molecule has 0 heteroatoms. The second-order valence-corrected chi connectivity index (χ2v) is 6.48. The van der Waals surface area contributed by atoms with Crippen LogP contribution in [-0.4, -0.2) is 0 Å². The van der Waals surface area contributed by atoms with Crippen molar-refractivity contribution in [2.45, 2.75) is 47.5 Å². The van der Waals surface area contributed by atoms with Crippen molar-refractivity contribution in [2.75, 3.05) is 0 Å². The van der Waals surface area contributed by atoms with Crippen LogP contribution in [0.2, 0.25) is 0 Å². The normalized spacial score (nSPS) is 10.9. The van der Waals surface area contributed by atoms with E-state index in [1.807, 2.05) is 0 Å². The zero-order valence-corrected chi connectivity index (χ0v) is 12.3. The van der Waals surface area contributed by atoms with Gasteiger partial charge in [-0.2, -0.15) is 0 Å². The van der Waals surface area contributed by atoms with Crippen LogP contribution in [0.4, 0.5) is 0 Å². The van der Waals surface area contributed by atoms with Crippen molar-refractivity contribution < 1.29 is 0 Å². The van der Waals surface area contributed by atoms with Gasteiger partial charge in [0.25, 0.3) is 0 Å². The maximum Gasteiger partial charge on any atom is -0.0184 e. The fraction of sp³-hybridized carbons (Fsp3) is 0.400. The molecular weight excluding hydrogens is 240 g/mol. The summed E-state index contributed by atoms with van der Waals surface area (Å²) in [5, 5.41) is 0. The molecule has 0 bridgehead atoms. The van der Waals surface area contributed by atoms with Gasteiger partial charge < -0.3 is 0 Å². The molecule has 0 radical (unpaired) electrons. The number of benzene rings is 2. The first-order valence-corrected chi connectivity index (χ1v) is 7.19. The summed E-state index contributed by atoms with van der Waals surface area (Å²) < 4.78 is 0. The monoisotopic (exact) mass is 268 g/mol. The Bertz CT molecular complexity index is 486. The first-order chi connectivity index (χ1) is 9.04. The lowest BCUT2D eigenvalue weighted by molar-refractivity contribution is 0.365. The molecular formula is C20H28. The minimum Gasteiger partial charge on any atom is -0.0776 e. The third-order valence-electron chi connectivity index (χ3n) is 3.45. The number of aryl methyl sites for hydroxylation is 1. The zero-order chi connectivity index (χ0) is 13.7. The molecule has 0 saturated heterocycles. The molecule has 0 heterocycles. The molecule has 2 rings (SSSR count). The summed E-state index contributed by atoms with van der Waals surface area (Å²) >= 11 is 0. The molecule has 0 fully saturated rings. The van der Waals surface area contributed by atoms with Crippen LogP contribution < -0.4 is 0 Å². The van der Waals surface area contributed by atoms with E-state index in [0.29, 0.717) is 5.41 Å². The minimum absolute atomic E-state index is 0. The van der Waals surface area contributed by atoms with Gasteiger partial charge in [0.1, 0.15) is 0 Å². The highest BCUT2D eigenvalue weighted by atomic mass is 14.1. The summed E-state index contributed by atoms with van der Waals surface area (Å²) in [6.45, 7) is 6.93. The van der Waals surface area contributed by atoms with Gasteiger partial charge in [0.15, 0.2) is 0 Å². The van der Waals surface area contributed by atoms with Gasteiger partial charge in [-0.25, -0.2) is 0 Å². The van der Waals surface area contributed by atoms with E-state index in [9.17, 15) is 0 Å². The van der Waals surface area contributed by atoms with E-state index >= 15 is 0 Å². The smallest absolute Gasteiger partial charge is 0.0184 e. The SMILES string of the molecule is C.CC(C)(C)CCCc1ccc(-c2ccccc2)cc1. The highest BCUT2D eigenvalue weighted by Crippen LogP contribution is 2.23. The largest absolute Gasteiger partial charge is 0.0776 e. The van der Waals surface area contributed by atoms with Gasteiger partial charge in [-0.3, -0.25) is 0 Å². The Morgan fingerprint density at radius 1 is 0.750 bits per heavy atom. The Morgan fingerprint density at radius 2 is 1.30 bits per heavy atom. The van der Waals surface area contributed by atoms with E-state index in [2.05, 4.69) is 75.4 Å². The lowest BCUT2D eigenvalue weighted by Gasteiger charge is -2.17. The molecule has 0 saturated carbocycles. The van der Waals surface area contributed by atoms with Crippen molar-refractivity contribution in [3.63, 3.8) is 0 Å². The first-order valence-electron chi connectivity index (χ1n) is 7.19. The molecule has 0 aliphatic rings. The molecule has 0 atom stereocenters. The van der Waals surface area contributed by atoms with E-state index in [1.54, 1.807) is 0 Å². The van der Waals surface area contributed by atoms with Crippen LogP contribution in [0, 0.1) is 5.41 Å². The van der Waals surface area contributed by atoms with Gasteiger partial charge >= 0.3 is 0 Å². The summed E-state index contributed by atoms with van der Waals surface area (Å²) in [7, 11) is 0. The quantitative estimate of drug-likeness (QED) is 0.605. The molecule has 2 aromatic rings. The standard InChI is InChI=1S/C19H24.CH4/c1-19(2,3)15-7-8-16-11-13-18(14-12-16)17-9-5-4-6-10-17;/h4-6,9-14H,7-8,15H2,1-3H3;1H4. The zero-order valence-electron chi connectivity index (χ0n) is 12.3. The fourth-order valence-corrected chi connectivity index (χ4v) is 2.32. The Morgan fingerprint density at radius 3 is 1.85 bits per heavy atom. The highest BCUT2D eigenvalue weighted by molar-refractivity contribution is 5.63. The van der Waals surface area contributed by atoms with E-state index in [0.717, 1.165) is 0 Å². The second kappa shape index (κ2) is 7.28. The van der Waals surface area contributed by atoms with Gasteiger partial charge in [-0.15, -0.1) is 0 Å². The Kier molecular flexibility index (Phi) is 6.01. The number of hydrogen-bond acceptors (Lipinski definition) is 0. The molecule has 20 heavy (non-hydrogen) atoms. The van der Waals surface area contributed by atoms with Crippen molar-refractivity contribution in [2.24, 2.45) is 5.41 Å². The lowest BCUT2D eigenvalue weighted by atomic mass is 9.89. The molecule has 0 nitrogen and oxygen atoms in total. The van der Waals surface area contributed by atoms with E-state index < -0.39 is 0 Å². The molecule has 0 unspecified atom stereocenters. The number of hydrogen-bond donors (Lipinski definition) is 0. The predicted octanol–water partition coefficient (Wildman–Crippen LogP) is 6.36. The second-order valence-electron chi connectivity index (χ2n) is 6.48. The third-order valence-corrected chi connectivity index (χ3v) is 3.45. The van der Waals surface area contributed by atoms with Crippen LogP contribution in [0.15, 0.2) is 54.6 Å². The Balaban J connectivity index is 0.00000200. The summed E-state index contributed by atoms with van der Waals surface area (Å²) in [5.41, 5.74) is 4.50. The molecule has 2 aromatic carbocycles. The van der Waals surface area contributed by atoms with Gasteiger partial charge in [0.2, 0.25) is 0 Å². The van der Waals surface area contributed by atoms with Crippen LogP contribution >= 0.6 is 0 Å². The van der Waals surface area contributed by atoms with Crippen molar-refractivity contribution in [1.82, 2.24) is 0 Å². The van der Waals surface area contributed by atoms with Crippen LogP contribution in [0.3, 0.4) is 0 Å². The fourth-order valence-electron chi connectivity index (χ4n) is 2.32. The summed E-state index contributed by atoms with van der Waals surface area (Å²) in [6.07, 6.45) is 3.74. The van der Waals surface area contributed by atoms with Crippen LogP contribution in [0.1, 0.15) is 46.6 Å². The molecule has 0 spiro atoms. The van der Waals surface area contributed by atoms with Crippen LogP contribution in [0.5, 0.6) is 0 Å². The Labute approximate surface area is 124 Å². The van der Waals surface area contributed by atoms with Gasteiger partial charge in [-0.05, 0) is 41.4 Å².